The second-order valence-corrected chi connectivity index (χ2v) is 5.71. The molecule has 0 aromatic carbocycles. The topological polar surface area (TPSA) is 23.5 Å². The average Bonchev–Trinajstić information content (AvgIpc) is 2.31. The van der Waals surface area contributed by atoms with Crippen molar-refractivity contribution >= 4 is 0 Å². The summed E-state index contributed by atoms with van der Waals surface area (Å²) in [6.07, 6.45) is 4.13. The van der Waals surface area contributed by atoms with E-state index in [1.165, 1.54) is 6.92 Å². The van der Waals surface area contributed by atoms with Crippen molar-refractivity contribution in [1.82, 2.24) is 4.90 Å². The third-order valence-electron chi connectivity index (χ3n) is 4.15. The van der Waals surface area contributed by atoms with Crippen LogP contribution in [0.2, 0.25) is 0 Å². The lowest BCUT2D eigenvalue weighted by molar-refractivity contribution is -0.0575. The Labute approximate surface area is 109 Å². The Balaban J connectivity index is 2.63. The minimum Gasteiger partial charge on any atom is -0.393 e. The zero-order valence-corrected chi connectivity index (χ0v) is 11.8. The van der Waals surface area contributed by atoms with E-state index in [0.29, 0.717) is 12.3 Å². The Kier molecular flexibility index (Phi) is 5.99. The van der Waals surface area contributed by atoms with Gasteiger partial charge in [0.15, 0.2) is 0 Å². The molecule has 0 heterocycles. The molecule has 1 rings (SSSR count). The van der Waals surface area contributed by atoms with Gasteiger partial charge in [0.05, 0.1) is 12.6 Å². The van der Waals surface area contributed by atoms with Gasteiger partial charge >= 0.3 is 0 Å². The van der Waals surface area contributed by atoms with E-state index < -0.39 is 5.92 Å². The highest BCUT2D eigenvalue weighted by Gasteiger charge is 2.36. The molecule has 1 saturated carbocycles. The number of rotatable bonds is 6. The summed E-state index contributed by atoms with van der Waals surface area (Å²) in [5, 5.41) is 9.76. The summed E-state index contributed by atoms with van der Waals surface area (Å²) in [4.78, 5) is 1.77. The monoisotopic (exact) mass is 263 g/mol. The van der Waals surface area contributed by atoms with Gasteiger partial charge in [-0.1, -0.05) is 20.3 Å². The first kappa shape index (κ1) is 15.8. The highest BCUT2D eigenvalue weighted by atomic mass is 19.3. The molecule has 0 saturated heterocycles. The Morgan fingerprint density at radius 3 is 2.50 bits per heavy atom. The fourth-order valence-electron chi connectivity index (χ4n) is 3.03. The lowest BCUT2D eigenvalue weighted by Gasteiger charge is -2.41. The van der Waals surface area contributed by atoms with Gasteiger partial charge in [-0.2, -0.15) is 0 Å². The second-order valence-electron chi connectivity index (χ2n) is 5.71. The fourth-order valence-corrected chi connectivity index (χ4v) is 3.03. The number of nitrogens with zero attached hydrogens (tertiary/aromatic N) is 1. The smallest absolute Gasteiger partial charge is 0.260 e. The zero-order chi connectivity index (χ0) is 13.8. The molecular formula is C14H27F2NO. The van der Waals surface area contributed by atoms with Gasteiger partial charge in [-0.05, 0) is 38.6 Å². The number of hydrogen-bond donors (Lipinski definition) is 1. The molecule has 0 radical (unpaired) electrons. The minimum absolute atomic E-state index is 0.103. The largest absolute Gasteiger partial charge is 0.393 e. The van der Waals surface area contributed by atoms with Crippen LogP contribution in [0.15, 0.2) is 0 Å². The van der Waals surface area contributed by atoms with Crippen molar-refractivity contribution in [3.05, 3.63) is 0 Å². The summed E-state index contributed by atoms with van der Waals surface area (Å²) in [5.41, 5.74) is 0. The van der Waals surface area contributed by atoms with E-state index in [1.54, 1.807) is 11.9 Å². The molecule has 108 valence electrons. The van der Waals surface area contributed by atoms with Crippen molar-refractivity contribution in [3.8, 4) is 0 Å². The zero-order valence-electron chi connectivity index (χ0n) is 11.8. The summed E-state index contributed by atoms with van der Waals surface area (Å²) in [5.74, 6) is -2.16. The molecule has 1 fully saturated rings. The molecule has 4 heteroatoms. The molecule has 2 nitrogen and oxygen atoms in total. The highest BCUT2D eigenvalue weighted by Crippen LogP contribution is 2.33. The molecule has 1 aliphatic rings. The van der Waals surface area contributed by atoms with E-state index in [1.807, 2.05) is 0 Å². The molecule has 0 aliphatic heterocycles. The van der Waals surface area contributed by atoms with Crippen LogP contribution in [-0.2, 0) is 0 Å². The Bertz CT molecular complexity index is 248. The first-order valence-electron chi connectivity index (χ1n) is 7.15. The van der Waals surface area contributed by atoms with Crippen molar-refractivity contribution in [2.24, 2.45) is 5.92 Å². The first-order valence-corrected chi connectivity index (χ1v) is 7.15. The summed E-state index contributed by atoms with van der Waals surface area (Å²) in [6.45, 7) is 3.46. The fraction of sp³-hybridized carbons (Fsp3) is 1.00. The van der Waals surface area contributed by atoms with Gasteiger partial charge in [0.1, 0.15) is 0 Å². The summed E-state index contributed by atoms with van der Waals surface area (Å²) in [7, 11) is 1.77. The van der Waals surface area contributed by atoms with Gasteiger partial charge in [-0.25, -0.2) is 8.78 Å². The minimum atomic E-state index is -2.62. The highest BCUT2D eigenvalue weighted by molar-refractivity contribution is 4.87. The van der Waals surface area contributed by atoms with Crippen molar-refractivity contribution in [1.29, 1.82) is 0 Å². The Hall–Kier alpha value is -0.220. The Morgan fingerprint density at radius 2 is 1.94 bits per heavy atom. The summed E-state index contributed by atoms with van der Waals surface area (Å²) in [6, 6.07) is 0.103. The van der Waals surface area contributed by atoms with Crippen LogP contribution < -0.4 is 0 Å². The van der Waals surface area contributed by atoms with Gasteiger partial charge in [0.25, 0.3) is 5.92 Å². The van der Waals surface area contributed by atoms with E-state index in [0.717, 1.165) is 25.7 Å². The number of aliphatic hydroxyl groups is 1. The molecule has 1 aliphatic carbocycles. The molecule has 0 aromatic rings. The predicted molar refractivity (Wildman–Crippen MR) is 69.9 cm³/mol. The lowest BCUT2D eigenvalue weighted by Crippen LogP contribution is -2.47. The maximum atomic E-state index is 13.5. The number of hydrogen-bond acceptors (Lipinski definition) is 2. The van der Waals surface area contributed by atoms with Crippen LogP contribution >= 0.6 is 0 Å². The van der Waals surface area contributed by atoms with E-state index >= 15 is 0 Å². The molecule has 18 heavy (non-hydrogen) atoms. The van der Waals surface area contributed by atoms with Gasteiger partial charge < -0.3 is 5.11 Å². The van der Waals surface area contributed by atoms with Crippen molar-refractivity contribution in [2.45, 2.75) is 70.4 Å². The quantitative estimate of drug-likeness (QED) is 0.795. The maximum absolute atomic E-state index is 13.5. The SMILES string of the molecule is CCCC1CCC(O)CC1N(C)CC(F)(F)CC. The first-order chi connectivity index (χ1) is 8.39. The van der Waals surface area contributed by atoms with Gasteiger partial charge in [-0.3, -0.25) is 4.90 Å². The van der Waals surface area contributed by atoms with Crippen LogP contribution in [-0.4, -0.2) is 41.7 Å². The standard InChI is InChI=1S/C14H27F2NO/c1-4-6-11-7-8-12(18)9-13(11)17(3)10-14(15,16)5-2/h11-13,18H,4-10H2,1-3H3. The molecule has 0 aromatic heterocycles. The van der Waals surface area contributed by atoms with Crippen LogP contribution in [0, 0.1) is 5.92 Å². The third kappa shape index (κ3) is 4.47. The van der Waals surface area contributed by atoms with Crippen molar-refractivity contribution < 1.29 is 13.9 Å². The molecule has 0 spiro atoms. The third-order valence-corrected chi connectivity index (χ3v) is 4.15. The number of halogens is 2. The van der Waals surface area contributed by atoms with Crippen LogP contribution in [0.1, 0.15) is 52.4 Å². The summed E-state index contributed by atoms with van der Waals surface area (Å²) < 4.78 is 26.9. The van der Waals surface area contributed by atoms with E-state index in [2.05, 4.69) is 6.92 Å². The predicted octanol–water partition coefficient (Wildman–Crippen LogP) is 3.29. The Morgan fingerprint density at radius 1 is 1.28 bits per heavy atom. The number of aliphatic hydroxyl groups excluding tert-OH is 1. The molecule has 0 amide bonds. The normalized spacial score (nSPS) is 29.8. The van der Waals surface area contributed by atoms with Gasteiger partial charge in [0.2, 0.25) is 0 Å². The summed E-state index contributed by atoms with van der Waals surface area (Å²) >= 11 is 0. The van der Waals surface area contributed by atoms with Crippen LogP contribution in [0.25, 0.3) is 0 Å². The molecular weight excluding hydrogens is 236 g/mol. The van der Waals surface area contributed by atoms with Crippen molar-refractivity contribution in [3.63, 3.8) is 0 Å². The van der Waals surface area contributed by atoms with E-state index in [4.69, 9.17) is 0 Å². The van der Waals surface area contributed by atoms with E-state index in [9.17, 15) is 13.9 Å². The van der Waals surface area contributed by atoms with Crippen LogP contribution in [0.3, 0.4) is 0 Å². The van der Waals surface area contributed by atoms with Gasteiger partial charge in [-0.15, -0.1) is 0 Å². The lowest BCUT2D eigenvalue weighted by atomic mass is 9.79. The second kappa shape index (κ2) is 6.80. The molecule has 3 unspecified atom stereocenters. The van der Waals surface area contributed by atoms with Gasteiger partial charge in [0, 0.05) is 12.5 Å². The molecule has 3 atom stereocenters. The molecule has 0 bridgehead atoms. The maximum Gasteiger partial charge on any atom is 0.260 e. The molecule has 1 N–H and O–H groups in total. The average molecular weight is 263 g/mol. The number of alkyl halides is 2. The van der Waals surface area contributed by atoms with Crippen LogP contribution in [0.5, 0.6) is 0 Å². The van der Waals surface area contributed by atoms with Crippen molar-refractivity contribution in [2.75, 3.05) is 13.6 Å². The van der Waals surface area contributed by atoms with Crippen LogP contribution in [0.4, 0.5) is 8.78 Å². The van der Waals surface area contributed by atoms with E-state index in [-0.39, 0.29) is 25.1 Å².